The van der Waals surface area contributed by atoms with Crippen LogP contribution in [-0.4, -0.2) is 20.1 Å². The predicted octanol–water partition coefficient (Wildman–Crippen LogP) is 2.57. The summed E-state index contributed by atoms with van der Waals surface area (Å²) in [5.74, 6) is 0.102. The van der Waals surface area contributed by atoms with Gasteiger partial charge in [0.2, 0.25) is 10.0 Å². The molecule has 0 spiro atoms. The number of aryl methyl sites for hydroxylation is 1. The molecule has 0 amide bonds. The second-order valence-electron chi connectivity index (χ2n) is 6.21. The van der Waals surface area contributed by atoms with E-state index in [-0.39, 0.29) is 17.4 Å². The number of aliphatic hydroxyl groups is 1. The molecule has 1 atom stereocenters. The first-order chi connectivity index (χ1) is 10.9. The summed E-state index contributed by atoms with van der Waals surface area (Å²) < 4.78 is 27.6. The first-order valence-corrected chi connectivity index (χ1v) is 9.24. The second kappa shape index (κ2) is 6.07. The lowest BCUT2D eigenvalue weighted by molar-refractivity contribution is 0.0185. The number of sulfonamides is 1. The van der Waals surface area contributed by atoms with E-state index in [9.17, 15) is 13.5 Å². The summed E-state index contributed by atoms with van der Waals surface area (Å²) in [4.78, 5) is 0.226. The molecule has 2 N–H and O–H groups in total. The molecule has 122 valence electrons. The highest BCUT2D eigenvalue weighted by atomic mass is 32.2. The Hall–Kier alpha value is -1.69. The van der Waals surface area contributed by atoms with Crippen LogP contribution in [0.5, 0.6) is 0 Å². The largest absolute Gasteiger partial charge is 0.383 e. The fourth-order valence-electron chi connectivity index (χ4n) is 2.84. The summed E-state index contributed by atoms with van der Waals surface area (Å²) in [6.07, 6.45) is 1.83. The van der Waals surface area contributed by atoms with Crippen LogP contribution in [0.3, 0.4) is 0 Å². The number of hydrogen-bond acceptors (Lipinski definition) is 3. The van der Waals surface area contributed by atoms with Gasteiger partial charge in [0.05, 0.1) is 4.90 Å². The van der Waals surface area contributed by atoms with Crippen molar-refractivity contribution in [2.24, 2.45) is 5.92 Å². The van der Waals surface area contributed by atoms with E-state index in [4.69, 9.17) is 0 Å². The molecule has 3 rings (SSSR count). The zero-order valence-corrected chi connectivity index (χ0v) is 13.9. The lowest BCUT2D eigenvalue weighted by Crippen LogP contribution is -2.42. The molecular weight excluding hydrogens is 310 g/mol. The maximum absolute atomic E-state index is 12.5. The van der Waals surface area contributed by atoms with Gasteiger partial charge in [0.25, 0.3) is 0 Å². The van der Waals surface area contributed by atoms with Crippen molar-refractivity contribution in [1.82, 2.24) is 4.72 Å². The third-order valence-corrected chi connectivity index (χ3v) is 5.76. The molecule has 0 unspecified atom stereocenters. The van der Waals surface area contributed by atoms with Gasteiger partial charge in [-0.3, -0.25) is 0 Å². The number of hydrogen-bond donors (Lipinski definition) is 2. The zero-order chi connectivity index (χ0) is 16.5. The van der Waals surface area contributed by atoms with Crippen LogP contribution in [0.1, 0.15) is 24.0 Å². The van der Waals surface area contributed by atoms with Crippen LogP contribution in [-0.2, 0) is 15.6 Å². The van der Waals surface area contributed by atoms with Gasteiger partial charge in [-0.2, -0.15) is 0 Å². The molecule has 23 heavy (non-hydrogen) atoms. The van der Waals surface area contributed by atoms with Gasteiger partial charge in [0.15, 0.2) is 0 Å². The van der Waals surface area contributed by atoms with E-state index in [1.807, 2.05) is 43.3 Å². The topological polar surface area (TPSA) is 66.4 Å². The Balaban J connectivity index is 1.82. The summed E-state index contributed by atoms with van der Waals surface area (Å²) in [6.45, 7) is 1.83. The van der Waals surface area contributed by atoms with Gasteiger partial charge in [0.1, 0.15) is 5.60 Å². The predicted molar refractivity (Wildman–Crippen MR) is 89.4 cm³/mol. The number of rotatable bonds is 6. The van der Waals surface area contributed by atoms with E-state index < -0.39 is 15.6 Å². The van der Waals surface area contributed by atoms with Crippen LogP contribution >= 0.6 is 0 Å². The molecule has 0 aromatic heterocycles. The van der Waals surface area contributed by atoms with Crippen molar-refractivity contribution in [1.29, 1.82) is 0 Å². The molecule has 1 saturated carbocycles. The molecule has 1 aliphatic rings. The standard InChI is InChI=1S/C18H21NO3S/c1-14-6-5-9-17(12-14)23(21,22)19-13-18(20,16-10-11-16)15-7-3-2-4-8-15/h2-9,12,16,19-20H,10-11,13H2,1H3/t18-/m1/s1. The van der Waals surface area contributed by atoms with E-state index in [0.717, 1.165) is 24.0 Å². The molecule has 0 heterocycles. The third kappa shape index (κ3) is 3.47. The lowest BCUT2D eigenvalue weighted by atomic mass is 9.89. The maximum atomic E-state index is 12.5. The zero-order valence-electron chi connectivity index (χ0n) is 13.1. The van der Waals surface area contributed by atoms with Crippen LogP contribution in [0.15, 0.2) is 59.5 Å². The molecule has 0 saturated heterocycles. The average Bonchev–Trinajstić information content (AvgIpc) is 3.39. The summed E-state index contributed by atoms with van der Waals surface area (Å²) in [5.41, 5.74) is 0.487. The molecule has 5 heteroatoms. The maximum Gasteiger partial charge on any atom is 0.240 e. The second-order valence-corrected chi connectivity index (χ2v) is 7.97. The van der Waals surface area contributed by atoms with Crippen molar-refractivity contribution in [3.05, 3.63) is 65.7 Å². The number of nitrogens with one attached hydrogen (secondary N) is 1. The van der Waals surface area contributed by atoms with Gasteiger partial charge in [0, 0.05) is 6.54 Å². The Kier molecular flexibility index (Phi) is 4.27. The molecule has 4 nitrogen and oxygen atoms in total. The van der Waals surface area contributed by atoms with Gasteiger partial charge in [-0.25, -0.2) is 13.1 Å². The number of benzene rings is 2. The van der Waals surface area contributed by atoms with Crippen molar-refractivity contribution in [2.45, 2.75) is 30.3 Å². The summed E-state index contributed by atoms with van der Waals surface area (Å²) in [6, 6.07) is 16.1. The van der Waals surface area contributed by atoms with Crippen LogP contribution in [0.25, 0.3) is 0 Å². The first-order valence-electron chi connectivity index (χ1n) is 7.76. The van der Waals surface area contributed by atoms with Crippen molar-refractivity contribution in [3.8, 4) is 0 Å². The molecule has 0 bridgehead atoms. The third-order valence-electron chi connectivity index (χ3n) is 4.36. The van der Waals surface area contributed by atoms with Crippen LogP contribution in [0.2, 0.25) is 0 Å². The summed E-state index contributed by atoms with van der Waals surface area (Å²) in [5, 5.41) is 11.1. The fourth-order valence-corrected chi connectivity index (χ4v) is 4.02. The SMILES string of the molecule is Cc1cccc(S(=O)(=O)NC[C@@](O)(c2ccccc2)C2CC2)c1. The minimum absolute atomic E-state index is 0.0159. The van der Waals surface area contributed by atoms with Gasteiger partial charge in [-0.1, -0.05) is 42.5 Å². The van der Waals surface area contributed by atoms with Crippen LogP contribution in [0, 0.1) is 12.8 Å². The van der Waals surface area contributed by atoms with E-state index in [1.165, 1.54) is 0 Å². The van der Waals surface area contributed by atoms with Gasteiger partial charge < -0.3 is 5.11 Å². The van der Waals surface area contributed by atoms with Crippen LogP contribution < -0.4 is 4.72 Å². The molecule has 2 aromatic rings. The van der Waals surface area contributed by atoms with E-state index >= 15 is 0 Å². The smallest absolute Gasteiger partial charge is 0.240 e. The van der Waals surface area contributed by atoms with Gasteiger partial charge >= 0.3 is 0 Å². The lowest BCUT2D eigenvalue weighted by Gasteiger charge is -2.29. The highest BCUT2D eigenvalue weighted by Gasteiger charge is 2.45. The molecule has 1 aliphatic carbocycles. The minimum Gasteiger partial charge on any atom is -0.383 e. The average molecular weight is 331 g/mol. The Morgan fingerprint density at radius 3 is 2.43 bits per heavy atom. The van der Waals surface area contributed by atoms with Gasteiger partial charge in [-0.15, -0.1) is 0 Å². The first kappa shape index (κ1) is 16.2. The quantitative estimate of drug-likeness (QED) is 0.855. The highest BCUT2D eigenvalue weighted by molar-refractivity contribution is 7.89. The Morgan fingerprint density at radius 1 is 1.13 bits per heavy atom. The Bertz CT molecular complexity index is 785. The van der Waals surface area contributed by atoms with Crippen molar-refractivity contribution >= 4 is 10.0 Å². The van der Waals surface area contributed by atoms with E-state index in [1.54, 1.807) is 18.2 Å². The van der Waals surface area contributed by atoms with Crippen molar-refractivity contribution < 1.29 is 13.5 Å². The highest BCUT2D eigenvalue weighted by Crippen LogP contribution is 2.45. The molecule has 1 fully saturated rings. The van der Waals surface area contributed by atoms with Gasteiger partial charge in [-0.05, 0) is 48.9 Å². The Labute approximate surface area is 137 Å². The molecule has 0 radical (unpaired) electrons. The fraction of sp³-hybridized carbons (Fsp3) is 0.333. The monoisotopic (exact) mass is 331 g/mol. The molecule has 2 aromatic carbocycles. The van der Waals surface area contributed by atoms with Crippen LogP contribution in [0.4, 0.5) is 0 Å². The molecule has 0 aliphatic heterocycles. The Morgan fingerprint density at radius 2 is 1.83 bits per heavy atom. The molecular formula is C18H21NO3S. The minimum atomic E-state index is -3.64. The van der Waals surface area contributed by atoms with Crippen molar-refractivity contribution in [3.63, 3.8) is 0 Å². The summed E-state index contributed by atoms with van der Waals surface area (Å²) in [7, 11) is -3.64. The summed E-state index contributed by atoms with van der Waals surface area (Å²) >= 11 is 0. The van der Waals surface area contributed by atoms with Crippen molar-refractivity contribution in [2.75, 3.05) is 6.54 Å². The normalized spacial score (nSPS) is 17.7. The van der Waals surface area contributed by atoms with E-state index in [0.29, 0.717) is 0 Å². The van der Waals surface area contributed by atoms with E-state index in [2.05, 4.69) is 4.72 Å².